The van der Waals surface area contributed by atoms with E-state index in [0.29, 0.717) is 24.4 Å². The summed E-state index contributed by atoms with van der Waals surface area (Å²) in [4.78, 5) is 28.4. The standard InChI is InChI=1S/C27H29ClN2O3/c1-3-9-25(31)30(19-20-14-16-23(33-2)17-15-20)26(21-10-5-4-6-11-21)27(32)29-18-22-12-7-8-13-24(22)28/h4-8,10-17,26H,3,9,18-19H2,1-2H3,(H,29,32)/t26-/m1/s1. The number of nitrogens with one attached hydrogen (secondary N) is 1. The Hall–Kier alpha value is -3.31. The van der Waals surface area contributed by atoms with Crippen LogP contribution in [0.15, 0.2) is 78.9 Å². The van der Waals surface area contributed by atoms with E-state index in [1.165, 1.54) is 0 Å². The molecule has 3 aromatic carbocycles. The first-order valence-corrected chi connectivity index (χ1v) is 11.4. The van der Waals surface area contributed by atoms with Crippen molar-refractivity contribution in [2.75, 3.05) is 7.11 Å². The first-order chi connectivity index (χ1) is 16.0. The zero-order valence-electron chi connectivity index (χ0n) is 19.0. The molecule has 0 unspecified atom stereocenters. The van der Waals surface area contributed by atoms with Gasteiger partial charge in [-0.25, -0.2) is 0 Å². The van der Waals surface area contributed by atoms with Gasteiger partial charge in [0.1, 0.15) is 11.8 Å². The van der Waals surface area contributed by atoms with Crippen molar-refractivity contribution in [2.24, 2.45) is 0 Å². The highest BCUT2D eigenvalue weighted by molar-refractivity contribution is 6.31. The van der Waals surface area contributed by atoms with Crippen LogP contribution in [0.3, 0.4) is 0 Å². The molecule has 0 aliphatic carbocycles. The van der Waals surface area contributed by atoms with Crippen LogP contribution in [0.4, 0.5) is 0 Å². The molecule has 0 radical (unpaired) electrons. The predicted molar refractivity (Wildman–Crippen MR) is 131 cm³/mol. The lowest BCUT2D eigenvalue weighted by Crippen LogP contribution is -2.43. The molecule has 3 rings (SSSR count). The second-order valence-corrected chi connectivity index (χ2v) is 8.15. The zero-order valence-corrected chi connectivity index (χ0v) is 19.7. The Morgan fingerprint density at radius 1 is 0.970 bits per heavy atom. The van der Waals surface area contributed by atoms with Gasteiger partial charge in [-0.05, 0) is 41.3 Å². The molecule has 0 bridgehead atoms. The maximum atomic E-state index is 13.5. The molecule has 0 aliphatic heterocycles. The molecule has 0 aromatic heterocycles. The largest absolute Gasteiger partial charge is 0.497 e. The smallest absolute Gasteiger partial charge is 0.247 e. The number of amides is 2. The third-order valence-electron chi connectivity index (χ3n) is 5.38. The fourth-order valence-electron chi connectivity index (χ4n) is 3.64. The SMILES string of the molecule is CCCC(=O)N(Cc1ccc(OC)cc1)[C@@H](C(=O)NCc1ccccc1Cl)c1ccccc1. The Morgan fingerprint density at radius 3 is 2.27 bits per heavy atom. The molecule has 0 heterocycles. The first kappa shape index (κ1) is 24.3. The van der Waals surface area contributed by atoms with E-state index >= 15 is 0 Å². The highest BCUT2D eigenvalue weighted by Gasteiger charge is 2.31. The molecule has 3 aromatic rings. The van der Waals surface area contributed by atoms with Crippen LogP contribution in [0.1, 0.15) is 42.5 Å². The summed E-state index contributed by atoms with van der Waals surface area (Å²) in [5, 5.41) is 3.57. The Bertz CT molecular complexity index is 1050. The molecular weight excluding hydrogens is 436 g/mol. The van der Waals surface area contributed by atoms with Gasteiger partial charge in [0.05, 0.1) is 7.11 Å². The summed E-state index contributed by atoms with van der Waals surface area (Å²) in [7, 11) is 1.61. The van der Waals surface area contributed by atoms with Crippen LogP contribution >= 0.6 is 11.6 Å². The van der Waals surface area contributed by atoms with Gasteiger partial charge in [-0.1, -0.05) is 79.2 Å². The van der Waals surface area contributed by atoms with E-state index in [1.807, 2.05) is 79.7 Å². The number of hydrogen-bond acceptors (Lipinski definition) is 3. The van der Waals surface area contributed by atoms with Crippen LogP contribution in [0, 0.1) is 0 Å². The van der Waals surface area contributed by atoms with Crippen LogP contribution in [-0.4, -0.2) is 23.8 Å². The molecule has 6 heteroatoms. The van der Waals surface area contributed by atoms with Crippen LogP contribution in [0.25, 0.3) is 0 Å². The van der Waals surface area contributed by atoms with Crippen LogP contribution in [0.5, 0.6) is 5.75 Å². The van der Waals surface area contributed by atoms with E-state index in [9.17, 15) is 9.59 Å². The zero-order chi connectivity index (χ0) is 23.6. The van der Waals surface area contributed by atoms with Gasteiger partial charge in [0.25, 0.3) is 0 Å². The third kappa shape index (κ3) is 6.59. The molecule has 0 fully saturated rings. The third-order valence-corrected chi connectivity index (χ3v) is 5.75. The maximum Gasteiger partial charge on any atom is 0.247 e. The maximum absolute atomic E-state index is 13.5. The molecule has 0 saturated carbocycles. The van der Waals surface area contributed by atoms with Crippen molar-refractivity contribution in [1.29, 1.82) is 0 Å². The van der Waals surface area contributed by atoms with Crippen molar-refractivity contribution in [3.05, 3.63) is 101 Å². The number of methoxy groups -OCH3 is 1. The molecule has 33 heavy (non-hydrogen) atoms. The van der Waals surface area contributed by atoms with E-state index < -0.39 is 6.04 Å². The van der Waals surface area contributed by atoms with Crippen LogP contribution < -0.4 is 10.1 Å². The minimum Gasteiger partial charge on any atom is -0.497 e. The predicted octanol–water partition coefficient (Wildman–Crippen LogP) is 5.54. The number of halogens is 1. The van der Waals surface area contributed by atoms with Crippen LogP contribution in [0.2, 0.25) is 5.02 Å². The second kappa shape index (κ2) is 12.1. The second-order valence-electron chi connectivity index (χ2n) is 7.74. The summed E-state index contributed by atoms with van der Waals surface area (Å²) in [6.45, 7) is 2.54. The molecule has 0 spiro atoms. The summed E-state index contributed by atoms with van der Waals surface area (Å²) in [5.41, 5.74) is 2.49. The summed E-state index contributed by atoms with van der Waals surface area (Å²) < 4.78 is 5.24. The van der Waals surface area contributed by atoms with Crippen molar-refractivity contribution in [2.45, 2.75) is 38.9 Å². The summed E-state index contributed by atoms with van der Waals surface area (Å²) in [6, 6.07) is 23.5. The minimum absolute atomic E-state index is 0.0740. The van der Waals surface area contributed by atoms with Gasteiger partial charge in [-0.2, -0.15) is 0 Å². The molecule has 2 amide bonds. The molecule has 0 saturated heterocycles. The molecule has 1 atom stereocenters. The van der Waals surface area contributed by atoms with Crippen molar-refractivity contribution in [3.63, 3.8) is 0 Å². The molecular formula is C27H29ClN2O3. The van der Waals surface area contributed by atoms with E-state index in [2.05, 4.69) is 5.32 Å². The molecule has 1 N–H and O–H groups in total. The van der Waals surface area contributed by atoms with E-state index in [1.54, 1.807) is 18.1 Å². The Balaban J connectivity index is 1.92. The lowest BCUT2D eigenvalue weighted by atomic mass is 10.0. The average Bonchev–Trinajstić information content (AvgIpc) is 2.84. The number of nitrogens with zero attached hydrogens (tertiary/aromatic N) is 1. The highest BCUT2D eigenvalue weighted by atomic mass is 35.5. The van der Waals surface area contributed by atoms with Gasteiger partial charge in [-0.3, -0.25) is 9.59 Å². The quantitative estimate of drug-likeness (QED) is 0.429. The number of benzene rings is 3. The minimum atomic E-state index is -0.769. The number of rotatable bonds is 10. The topological polar surface area (TPSA) is 58.6 Å². The monoisotopic (exact) mass is 464 g/mol. The van der Waals surface area contributed by atoms with Crippen molar-refractivity contribution in [1.82, 2.24) is 10.2 Å². The Morgan fingerprint density at radius 2 is 1.64 bits per heavy atom. The van der Waals surface area contributed by atoms with Gasteiger partial charge in [0.15, 0.2) is 0 Å². The lowest BCUT2D eigenvalue weighted by molar-refractivity contribution is -0.141. The van der Waals surface area contributed by atoms with E-state index in [4.69, 9.17) is 16.3 Å². The first-order valence-electron chi connectivity index (χ1n) is 11.0. The fraction of sp³-hybridized carbons (Fsp3) is 0.259. The van der Waals surface area contributed by atoms with Gasteiger partial charge in [-0.15, -0.1) is 0 Å². The lowest BCUT2D eigenvalue weighted by Gasteiger charge is -2.32. The average molecular weight is 465 g/mol. The number of ether oxygens (including phenoxy) is 1. The van der Waals surface area contributed by atoms with E-state index in [-0.39, 0.29) is 18.4 Å². The van der Waals surface area contributed by atoms with Crippen molar-refractivity contribution in [3.8, 4) is 5.75 Å². The van der Waals surface area contributed by atoms with Crippen molar-refractivity contribution < 1.29 is 14.3 Å². The number of hydrogen-bond donors (Lipinski definition) is 1. The van der Waals surface area contributed by atoms with Gasteiger partial charge >= 0.3 is 0 Å². The molecule has 0 aliphatic rings. The summed E-state index contributed by atoms with van der Waals surface area (Å²) in [5.74, 6) is 0.413. The van der Waals surface area contributed by atoms with E-state index in [0.717, 1.165) is 22.4 Å². The van der Waals surface area contributed by atoms with Gasteiger partial charge in [0, 0.05) is 24.5 Å². The van der Waals surface area contributed by atoms with Gasteiger partial charge < -0.3 is 15.0 Å². The number of carbonyl (C=O) groups is 2. The summed E-state index contributed by atoms with van der Waals surface area (Å²) in [6.07, 6.45) is 1.05. The Kier molecular flexibility index (Phi) is 8.90. The Labute approximate surface area is 200 Å². The highest BCUT2D eigenvalue weighted by Crippen LogP contribution is 2.26. The number of carbonyl (C=O) groups excluding carboxylic acids is 2. The normalized spacial score (nSPS) is 11.5. The van der Waals surface area contributed by atoms with Crippen LogP contribution in [-0.2, 0) is 22.7 Å². The van der Waals surface area contributed by atoms with Crippen molar-refractivity contribution >= 4 is 23.4 Å². The fourth-order valence-corrected chi connectivity index (χ4v) is 3.84. The van der Waals surface area contributed by atoms with Gasteiger partial charge in [0.2, 0.25) is 11.8 Å². The summed E-state index contributed by atoms with van der Waals surface area (Å²) >= 11 is 6.26. The molecule has 5 nitrogen and oxygen atoms in total. The molecule has 172 valence electrons.